The number of halogens is 1. The van der Waals surface area contributed by atoms with Crippen LogP contribution < -0.4 is 10.6 Å². The van der Waals surface area contributed by atoms with Crippen LogP contribution in [0.5, 0.6) is 0 Å². The summed E-state index contributed by atoms with van der Waals surface area (Å²) in [5, 5.41) is 6.47. The van der Waals surface area contributed by atoms with Crippen LogP contribution in [-0.4, -0.2) is 22.4 Å². The Labute approximate surface area is 128 Å². The van der Waals surface area contributed by atoms with Crippen LogP contribution in [-0.2, 0) is 0 Å². The predicted molar refractivity (Wildman–Crippen MR) is 84.8 cm³/mol. The van der Waals surface area contributed by atoms with Gasteiger partial charge in [-0.2, -0.15) is 0 Å². The number of amides is 1. The molecule has 110 valence electrons. The second-order valence-corrected chi connectivity index (χ2v) is 5.44. The minimum Gasteiger partial charge on any atom is -0.354 e. The quantitative estimate of drug-likeness (QED) is 0.888. The maximum Gasteiger partial charge on any atom is 0.274 e. The fraction of sp³-hybridized carbons (Fsp3) is 0.267. The van der Waals surface area contributed by atoms with Gasteiger partial charge < -0.3 is 10.6 Å². The molecule has 1 aromatic heterocycles. The van der Waals surface area contributed by atoms with Crippen LogP contribution >= 0.6 is 11.6 Å². The lowest BCUT2D eigenvalue weighted by Crippen LogP contribution is -2.16. The Kier molecular flexibility index (Phi) is 5.11. The van der Waals surface area contributed by atoms with Crippen molar-refractivity contribution in [1.82, 2.24) is 9.97 Å². The van der Waals surface area contributed by atoms with Gasteiger partial charge in [0.2, 0.25) is 5.95 Å². The second-order valence-electron chi connectivity index (χ2n) is 5.00. The minimum atomic E-state index is -0.285. The number of carbonyl (C=O) groups is 1. The lowest BCUT2D eigenvalue weighted by Gasteiger charge is -2.08. The van der Waals surface area contributed by atoms with E-state index in [1.165, 1.54) is 0 Å². The first-order valence-corrected chi connectivity index (χ1v) is 7.06. The smallest absolute Gasteiger partial charge is 0.274 e. The fourth-order valence-electron chi connectivity index (χ4n) is 1.59. The molecular formula is C15H17ClN4O. The van der Waals surface area contributed by atoms with E-state index in [0.29, 0.717) is 28.3 Å². The summed E-state index contributed by atoms with van der Waals surface area (Å²) in [6.45, 7) is 4.93. The number of nitrogens with zero attached hydrogens (tertiary/aromatic N) is 2. The Morgan fingerprint density at radius 3 is 2.62 bits per heavy atom. The maximum atomic E-state index is 12.1. The molecule has 0 saturated carbocycles. The maximum absolute atomic E-state index is 12.1. The second kappa shape index (κ2) is 7.04. The van der Waals surface area contributed by atoms with Crippen LogP contribution in [0.4, 0.5) is 11.6 Å². The lowest BCUT2D eigenvalue weighted by molar-refractivity contribution is 0.102. The highest BCUT2D eigenvalue weighted by Crippen LogP contribution is 2.14. The van der Waals surface area contributed by atoms with Crippen LogP contribution in [0.1, 0.15) is 24.3 Å². The molecule has 21 heavy (non-hydrogen) atoms. The van der Waals surface area contributed by atoms with E-state index in [4.69, 9.17) is 11.6 Å². The summed E-state index contributed by atoms with van der Waals surface area (Å²) in [4.78, 5) is 20.4. The van der Waals surface area contributed by atoms with Crippen molar-refractivity contribution in [2.75, 3.05) is 17.2 Å². The van der Waals surface area contributed by atoms with E-state index in [2.05, 4.69) is 34.4 Å². The van der Waals surface area contributed by atoms with Gasteiger partial charge in [0.25, 0.3) is 5.91 Å². The number of benzene rings is 1. The van der Waals surface area contributed by atoms with Crippen LogP contribution in [0.15, 0.2) is 36.5 Å². The Bertz CT molecular complexity index is 613. The molecule has 5 nitrogen and oxygen atoms in total. The Balaban J connectivity index is 2.05. The number of rotatable bonds is 5. The fourth-order valence-corrected chi connectivity index (χ4v) is 1.72. The molecule has 0 spiro atoms. The summed E-state index contributed by atoms with van der Waals surface area (Å²) >= 11 is 5.80. The zero-order chi connectivity index (χ0) is 15.2. The van der Waals surface area contributed by atoms with E-state index in [1.54, 1.807) is 36.5 Å². The van der Waals surface area contributed by atoms with Gasteiger partial charge in [-0.15, -0.1) is 0 Å². The molecule has 1 heterocycles. The van der Waals surface area contributed by atoms with Crippen molar-refractivity contribution in [2.24, 2.45) is 5.92 Å². The van der Waals surface area contributed by atoms with E-state index < -0.39 is 0 Å². The number of anilines is 2. The molecule has 0 unspecified atom stereocenters. The van der Waals surface area contributed by atoms with Crippen molar-refractivity contribution in [3.05, 3.63) is 47.2 Å². The van der Waals surface area contributed by atoms with Gasteiger partial charge in [0.1, 0.15) is 5.69 Å². The summed E-state index contributed by atoms with van der Waals surface area (Å²) in [5.74, 6) is 0.639. The van der Waals surface area contributed by atoms with Crippen molar-refractivity contribution in [3.63, 3.8) is 0 Å². The number of hydrogen-bond donors (Lipinski definition) is 2. The molecule has 0 bridgehead atoms. The van der Waals surface area contributed by atoms with E-state index in [-0.39, 0.29) is 5.91 Å². The predicted octanol–water partition coefficient (Wildman–Crippen LogP) is 3.45. The first kappa shape index (κ1) is 15.3. The number of carbonyl (C=O) groups excluding carboxylic acids is 1. The molecule has 0 saturated heterocycles. The van der Waals surface area contributed by atoms with Crippen molar-refractivity contribution in [2.45, 2.75) is 13.8 Å². The van der Waals surface area contributed by atoms with E-state index in [0.717, 1.165) is 6.54 Å². The Hall–Kier alpha value is -2.14. The zero-order valence-corrected chi connectivity index (χ0v) is 12.7. The SMILES string of the molecule is CC(C)CNc1nccc(C(=O)Nc2ccc(Cl)cc2)n1. The van der Waals surface area contributed by atoms with Gasteiger partial charge >= 0.3 is 0 Å². The molecule has 0 aliphatic heterocycles. The van der Waals surface area contributed by atoms with Crippen molar-refractivity contribution >= 4 is 29.1 Å². The Morgan fingerprint density at radius 2 is 1.95 bits per heavy atom. The molecule has 0 aliphatic rings. The van der Waals surface area contributed by atoms with Gasteiger partial charge in [-0.25, -0.2) is 9.97 Å². The third-order valence-corrected chi connectivity index (χ3v) is 2.91. The monoisotopic (exact) mass is 304 g/mol. The van der Waals surface area contributed by atoms with Crippen molar-refractivity contribution < 1.29 is 4.79 Å². The summed E-state index contributed by atoms with van der Waals surface area (Å²) in [6, 6.07) is 8.48. The van der Waals surface area contributed by atoms with Crippen LogP contribution in [0.25, 0.3) is 0 Å². The topological polar surface area (TPSA) is 66.9 Å². The van der Waals surface area contributed by atoms with Gasteiger partial charge in [0.05, 0.1) is 0 Å². The normalized spacial score (nSPS) is 10.5. The van der Waals surface area contributed by atoms with Gasteiger partial charge in [0, 0.05) is 23.5 Å². The zero-order valence-electron chi connectivity index (χ0n) is 11.9. The third-order valence-electron chi connectivity index (χ3n) is 2.66. The summed E-state index contributed by atoms with van der Waals surface area (Å²) < 4.78 is 0. The number of aromatic nitrogens is 2. The highest BCUT2D eigenvalue weighted by molar-refractivity contribution is 6.30. The van der Waals surface area contributed by atoms with Crippen LogP contribution in [0.3, 0.4) is 0 Å². The molecule has 0 fully saturated rings. The van der Waals surface area contributed by atoms with E-state index in [1.807, 2.05) is 0 Å². The molecule has 2 rings (SSSR count). The van der Waals surface area contributed by atoms with Gasteiger partial charge in [0.15, 0.2) is 0 Å². The molecule has 6 heteroatoms. The number of nitrogens with one attached hydrogen (secondary N) is 2. The van der Waals surface area contributed by atoms with Gasteiger partial charge in [-0.05, 0) is 36.2 Å². The van der Waals surface area contributed by atoms with Crippen LogP contribution in [0, 0.1) is 5.92 Å². The lowest BCUT2D eigenvalue weighted by atomic mass is 10.2. The first-order chi connectivity index (χ1) is 10.0. The highest BCUT2D eigenvalue weighted by atomic mass is 35.5. The van der Waals surface area contributed by atoms with Gasteiger partial charge in [-0.3, -0.25) is 4.79 Å². The van der Waals surface area contributed by atoms with E-state index >= 15 is 0 Å². The van der Waals surface area contributed by atoms with Crippen LogP contribution in [0.2, 0.25) is 5.02 Å². The number of hydrogen-bond acceptors (Lipinski definition) is 4. The Morgan fingerprint density at radius 1 is 1.24 bits per heavy atom. The minimum absolute atomic E-state index is 0.285. The standard InChI is InChI=1S/C15H17ClN4O/c1-10(2)9-18-15-17-8-7-13(20-15)14(21)19-12-5-3-11(16)4-6-12/h3-8,10H,9H2,1-2H3,(H,19,21)(H,17,18,20). The summed E-state index contributed by atoms with van der Waals surface area (Å²) in [7, 11) is 0. The highest BCUT2D eigenvalue weighted by Gasteiger charge is 2.09. The molecule has 1 amide bonds. The summed E-state index contributed by atoms with van der Waals surface area (Å²) in [5.41, 5.74) is 0.978. The third kappa shape index (κ3) is 4.72. The molecule has 1 aromatic carbocycles. The average molecular weight is 305 g/mol. The first-order valence-electron chi connectivity index (χ1n) is 6.68. The molecule has 2 aromatic rings. The summed E-state index contributed by atoms with van der Waals surface area (Å²) in [6.07, 6.45) is 1.56. The molecule has 2 N–H and O–H groups in total. The molecular weight excluding hydrogens is 288 g/mol. The van der Waals surface area contributed by atoms with Crippen molar-refractivity contribution in [1.29, 1.82) is 0 Å². The average Bonchev–Trinajstić information content (AvgIpc) is 2.48. The van der Waals surface area contributed by atoms with Gasteiger partial charge in [-0.1, -0.05) is 25.4 Å². The molecule has 0 radical (unpaired) electrons. The largest absolute Gasteiger partial charge is 0.354 e. The molecule has 0 aliphatic carbocycles. The van der Waals surface area contributed by atoms with Crippen molar-refractivity contribution in [3.8, 4) is 0 Å². The molecule has 0 atom stereocenters. The van der Waals surface area contributed by atoms with E-state index in [9.17, 15) is 4.79 Å².